The lowest BCUT2D eigenvalue weighted by atomic mass is 9.86. The highest BCUT2D eigenvalue weighted by atomic mass is 35.5. The van der Waals surface area contributed by atoms with Crippen LogP contribution in [0.4, 0.5) is 8.78 Å². The minimum Gasteiger partial charge on any atom is -0.344 e. The maximum Gasteiger partial charge on any atom is 0.289 e. The van der Waals surface area contributed by atoms with Crippen molar-refractivity contribution in [1.82, 2.24) is 20.9 Å². The van der Waals surface area contributed by atoms with Gasteiger partial charge in [0.15, 0.2) is 0 Å². The first-order valence-corrected chi connectivity index (χ1v) is 12.4. The molecule has 0 saturated heterocycles. The van der Waals surface area contributed by atoms with Crippen molar-refractivity contribution >= 4 is 35.1 Å². The Kier molecular flexibility index (Phi) is 9.68. The largest absolute Gasteiger partial charge is 0.344 e. The summed E-state index contributed by atoms with van der Waals surface area (Å²) in [6, 6.07) is 9.81. The molecule has 8 nitrogen and oxygen atoms in total. The van der Waals surface area contributed by atoms with E-state index in [1.165, 1.54) is 13.1 Å². The SMILES string of the molecule is C[C@@H](NC(=O)C1CCC(F)(F)CC1)C(=O)N[C@H](Cc1ccccc1)C(=O)C(=O)NCc1ccc(Cl)cn1. The van der Waals surface area contributed by atoms with Crippen molar-refractivity contribution in [2.75, 3.05) is 0 Å². The average molecular weight is 535 g/mol. The van der Waals surface area contributed by atoms with Crippen LogP contribution in [-0.4, -0.2) is 46.5 Å². The quantitative estimate of drug-likeness (QED) is 0.405. The van der Waals surface area contributed by atoms with Gasteiger partial charge >= 0.3 is 0 Å². The lowest BCUT2D eigenvalue weighted by Crippen LogP contribution is -2.54. The molecule has 1 aromatic carbocycles. The van der Waals surface area contributed by atoms with Gasteiger partial charge < -0.3 is 16.0 Å². The van der Waals surface area contributed by atoms with Crippen molar-refractivity contribution in [1.29, 1.82) is 0 Å². The van der Waals surface area contributed by atoms with Crippen molar-refractivity contribution in [3.8, 4) is 0 Å². The average Bonchev–Trinajstić information content (AvgIpc) is 2.87. The molecule has 1 aliphatic rings. The topological polar surface area (TPSA) is 117 Å². The summed E-state index contributed by atoms with van der Waals surface area (Å²) in [7, 11) is 0. The number of rotatable bonds is 10. The highest BCUT2D eigenvalue weighted by Crippen LogP contribution is 2.36. The maximum atomic E-state index is 13.4. The van der Waals surface area contributed by atoms with E-state index in [0.717, 1.165) is 0 Å². The fraction of sp³-hybridized carbons (Fsp3) is 0.423. The first-order chi connectivity index (χ1) is 17.5. The van der Waals surface area contributed by atoms with Gasteiger partial charge in [-0.1, -0.05) is 41.9 Å². The Morgan fingerprint density at radius 3 is 2.35 bits per heavy atom. The Morgan fingerprint density at radius 2 is 1.73 bits per heavy atom. The number of amides is 3. The fourth-order valence-corrected chi connectivity index (χ4v) is 4.09. The van der Waals surface area contributed by atoms with Crippen LogP contribution in [0, 0.1) is 5.92 Å². The van der Waals surface area contributed by atoms with Gasteiger partial charge in [0, 0.05) is 31.4 Å². The van der Waals surface area contributed by atoms with Crippen LogP contribution in [0.3, 0.4) is 0 Å². The summed E-state index contributed by atoms with van der Waals surface area (Å²) < 4.78 is 26.8. The fourth-order valence-electron chi connectivity index (χ4n) is 3.98. The van der Waals surface area contributed by atoms with Gasteiger partial charge in [0.1, 0.15) is 12.1 Å². The molecule has 3 N–H and O–H groups in total. The summed E-state index contributed by atoms with van der Waals surface area (Å²) >= 11 is 5.80. The number of alkyl halides is 2. The molecule has 2 aromatic rings. The molecule has 0 unspecified atom stereocenters. The molecule has 1 aliphatic carbocycles. The third kappa shape index (κ3) is 8.59. The van der Waals surface area contributed by atoms with Crippen LogP contribution < -0.4 is 16.0 Å². The summed E-state index contributed by atoms with van der Waals surface area (Å²) in [6.45, 7) is 1.42. The zero-order valence-electron chi connectivity index (χ0n) is 20.3. The first kappa shape index (κ1) is 28.2. The minimum absolute atomic E-state index is 0.0133. The van der Waals surface area contributed by atoms with E-state index in [4.69, 9.17) is 11.6 Å². The van der Waals surface area contributed by atoms with E-state index in [0.29, 0.717) is 16.3 Å². The molecule has 1 fully saturated rings. The van der Waals surface area contributed by atoms with Crippen LogP contribution in [0.2, 0.25) is 5.02 Å². The molecule has 37 heavy (non-hydrogen) atoms. The van der Waals surface area contributed by atoms with Crippen molar-refractivity contribution < 1.29 is 28.0 Å². The Labute approximate surface area is 218 Å². The normalized spacial score (nSPS) is 16.8. The number of carbonyl (C=O) groups is 4. The smallest absolute Gasteiger partial charge is 0.289 e. The Hall–Kier alpha value is -3.40. The molecule has 198 valence electrons. The van der Waals surface area contributed by atoms with Gasteiger partial charge in [0.25, 0.3) is 5.91 Å². The number of pyridine rings is 1. The molecule has 11 heteroatoms. The summed E-state index contributed by atoms with van der Waals surface area (Å²) in [6.07, 6.45) is 0.782. The molecule has 2 atom stereocenters. The number of benzene rings is 1. The molecule has 0 aliphatic heterocycles. The molecule has 1 aromatic heterocycles. The molecule has 0 bridgehead atoms. The molecule has 3 amide bonds. The number of Topliss-reactive ketones (excluding diaryl/α,β-unsaturated/α-hetero) is 1. The van der Waals surface area contributed by atoms with E-state index in [9.17, 15) is 28.0 Å². The van der Waals surface area contributed by atoms with E-state index < -0.39 is 47.4 Å². The van der Waals surface area contributed by atoms with Crippen molar-refractivity contribution in [3.63, 3.8) is 0 Å². The third-order valence-electron chi connectivity index (χ3n) is 6.20. The summed E-state index contributed by atoms with van der Waals surface area (Å²) in [5, 5.41) is 8.02. The van der Waals surface area contributed by atoms with Crippen LogP contribution >= 0.6 is 11.6 Å². The predicted molar refractivity (Wildman–Crippen MR) is 133 cm³/mol. The molecule has 1 saturated carbocycles. The van der Waals surface area contributed by atoms with Gasteiger partial charge in [-0.05, 0) is 37.5 Å². The number of nitrogens with one attached hydrogen (secondary N) is 3. The minimum atomic E-state index is -2.77. The number of hydrogen-bond donors (Lipinski definition) is 3. The second-order valence-corrected chi connectivity index (χ2v) is 9.56. The summed E-state index contributed by atoms with van der Waals surface area (Å²) in [4.78, 5) is 55.0. The summed E-state index contributed by atoms with van der Waals surface area (Å²) in [5.74, 6) is -6.30. The highest BCUT2D eigenvalue weighted by molar-refractivity contribution is 6.38. The zero-order chi connectivity index (χ0) is 27.0. The number of ketones is 1. The van der Waals surface area contributed by atoms with E-state index in [-0.39, 0.29) is 38.6 Å². The van der Waals surface area contributed by atoms with Gasteiger partial charge in [0.05, 0.1) is 17.3 Å². The van der Waals surface area contributed by atoms with E-state index in [1.54, 1.807) is 42.5 Å². The Balaban J connectivity index is 1.61. The Morgan fingerprint density at radius 1 is 1.05 bits per heavy atom. The van der Waals surface area contributed by atoms with Gasteiger partial charge in [0.2, 0.25) is 23.5 Å². The van der Waals surface area contributed by atoms with E-state index >= 15 is 0 Å². The molecule has 0 radical (unpaired) electrons. The number of halogens is 3. The third-order valence-corrected chi connectivity index (χ3v) is 6.42. The van der Waals surface area contributed by atoms with E-state index in [1.807, 2.05) is 0 Å². The van der Waals surface area contributed by atoms with Crippen LogP contribution in [0.15, 0.2) is 48.7 Å². The van der Waals surface area contributed by atoms with Crippen LogP contribution in [0.1, 0.15) is 43.9 Å². The van der Waals surface area contributed by atoms with Crippen LogP contribution in [-0.2, 0) is 32.1 Å². The molecule has 1 heterocycles. The Bertz CT molecular complexity index is 1110. The lowest BCUT2D eigenvalue weighted by molar-refractivity contribution is -0.140. The second-order valence-electron chi connectivity index (χ2n) is 9.13. The number of hydrogen-bond acceptors (Lipinski definition) is 5. The zero-order valence-corrected chi connectivity index (χ0v) is 21.1. The molecule has 0 spiro atoms. The van der Waals surface area contributed by atoms with Crippen molar-refractivity contribution in [3.05, 3.63) is 64.9 Å². The van der Waals surface area contributed by atoms with Crippen molar-refractivity contribution in [2.45, 2.75) is 63.6 Å². The van der Waals surface area contributed by atoms with Crippen LogP contribution in [0.25, 0.3) is 0 Å². The standard InChI is InChI=1S/C26H29ClF2N4O4/c1-16(32-24(36)18-9-11-26(28,29)12-10-18)23(35)33-21(13-17-5-3-2-4-6-17)22(34)25(37)31-15-20-8-7-19(27)14-30-20/h2-8,14,16,18,21H,9-13,15H2,1H3,(H,31,37)(H,32,36)(H,33,35)/t16-,21-/m1/s1. The maximum absolute atomic E-state index is 13.4. The first-order valence-electron chi connectivity index (χ1n) is 12.0. The predicted octanol–water partition coefficient (Wildman–Crippen LogP) is 2.98. The van der Waals surface area contributed by atoms with Gasteiger partial charge in [-0.3, -0.25) is 24.2 Å². The number of nitrogens with zero attached hydrogens (tertiary/aromatic N) is 1. The summed E-state index contributed by atoms with van der Waals surface area (Å²) in [5.41, 5.74) is 1.21. The molecular weight excluding hydrogens is 506 g/mol. The van der Waals surface area contributed by atoms with E-state index in [2.05, 4.69) is 20.9 Å². The van der Waals surface area contributed by atoms with Gasteiger partial charge in [-0.2, -0.15) is 0 Å². The number of aromatic nitrogens is 1. The monoisotopic (exact) mass is 534 g/mol. The van der Waals surface area contributed by atoms with Gasteiger partial charge in [-0.15, -0.1) is 0 Å². The number of carbonyl (C=O) groups excluding carboxylic acids is 4. The lowest BCUT2D eigenvalue weighted by Gasteiger charge is -2.28. The van der Waals surface area contributed by atoms with Crippen LogP contribution in [0.5, 0.6) is 0 Å². The van der Waals surface area contributed by atoms with Crippen molar-refractivity contribution in [2.24, 2.45) is 5.92 Å². The van der Waals surface area contributed by atoms with Gasteiger partial charge in [-0.25, -0.2) is 8.78 Å². The highest BCUT2D eigenvalue weighted by Gasteiger charge is 2.38. The molecular formula is C26H29ClF2N4O4. The second kappa shape index (κ2) is 12.7. The molecule has 3 rings (SSSR count).